The molecule has 2 amide bonds. The molecule has 0 rings (SSSR count). The predicted octanol–water partition coefficient (Wildman–Crippen LogP) is 1.69. The number of hydrogen-bond donors (Lipinski definition) is 3. The van der Waals surface area contributed by atoms with Crippen LogP contribution in [0.2, 0.25) is 0 Å². The van der Waals surface area contributed by atoms with Crippen molar-refractivity contribution < 1.29 is 9.59 Å². The lowest BCUT2D eigenvalue weighted by Crippen LogP contribution is -2.50. The standard InChI is InChI=1S/C14H29N3O2S/c1-14(2,12-18)16-13(19)15-8-10-17(3)9-6-4-5-7-11-20/h12,20H,4-11H2,1-3H3,(H2,15,16,19). The van der Waals surface area contributed by atoms with Gasteiger partial charge in [-0.05, 0) is 46.0 Å². The van der Waals surface area contributed by atoms with Gasteiger partial charge in [0.25, 0.3) is 0 Å². The second kappa shape index (κ2) is 11.0. The van der Waals surface area contributed by atoms with Gasteiger partial charge in [-0.1, -0.05) is 12.8 Å². The maximum atomic E-state index is 11.5. The maximum absolute atomic E-state index is 11.5. The summed E-state index contributed by atoms with van der Waals surface area (Å²) in [6.07, 6.45) is 5.55. The normalized spacial score (nSPS) is 11.4. The topological polar surface area (TPSA) is 61.4 Å². The smallest absolute Gasteiger partial charge is 0.315 e. The van der Waals surface area contributed by atoms with Crippen LogP contribution in [0.3, 0.4) is 0 Å². The van der Waals surface area contributed by atoms with Gasteiger partial charge in [0.15, 0.2) is 0 Å². The summed E-state index contributed by atoms with van der Waals surface area (Å²) in [4.78, 5) is 24.4. The molecule has 0 aromatic carbocycles. The Morgan fingerprint density at radius 2 is 1.85 bits per heavy atom. The van der Waals surface area contributed by atoms with Crippen LogP contribution in [0.5, 0.6) is 0 Å². The third-order valence-electron chi connectivity index (χ3n) is 2.96. The Bertz CT molecular complexity index is 286. The lowest BCUT2D eigenvalue weighted by molar-refractivity contribution is -0.112. The Morgan fingerprint density at radius 3 is 2.45 bits per heavy atom. The molecule has 2 N–H and O–H groups in total. The summed E-state index contributed by atoms with van der Waals surface area (Å²) in [6.45, 7) is 5.75. The highest BCUT2D eigenvalue weighted by Crippen LogP contribution is 2.01. The molecule has 0 spiro atoms. The Balaban J connectivity index is 3.58. The number of aldehydes is 1. The molecule has 0 aliphatic rings. The van der Waals surface area contributed by atoms with Crippen LogP contribution in [-0.4, -0.2) is 55.2 Å². The van der Waals surface area contributed by atoms with E-state index in [0.717, 1.165) is 25.1 Å². The minimum Gasteiger partial charge on any atom is -0.337 e. The van der Waals surface area contributed by atoms with Crippen molar-refractivity contribution in [1.29, 1.82) is 0 Å². The molecule has 0 fully saturated rings. The number of amides is 2. The molecule has 0 aromatic heterocycles. The Kier molecular flexibility index (Phi) is 10.6. The fourth-order valence-electron chi connectivity index (χ4n) is 1.69. The molecule has 0 saturated heterocycles. The molecular formula is C14H29N3O2S. The minimum absolute atomic E-state index is 0.302. The summed E-state index contributed by atoms with van der Waals surface area (Å²) in [5.74, 6) is 0.964. The number of urea groups is 1. The van der Waals surface area contributed by atoms with E-state index in [0.29, 0.717) is 6.54 Å². The molecule has 0 heterocycles. The second-order valence-corrected chi connectivity index (χ2v) is 6.11. The fourth-order valence-corrected chi connectivity index (χ4v) is 1.91. The van der Waals surface area contributed by atoms with Gasteiger partial charge >= 0.3 is 6.03 Å². The van der Waals surface area contributed by atoms with Crippen LogP contribution in [0, 0.1) is 0 Å². The third kappa shape index (κ3) is 11.1. The van der Waals surface area contributed by atoms with Crippen LogP contribution in [0.15, 0.2) is 0 Å². The summed E-state index contributed by atoms with van der Waals surface area (Å²) >= 11 is 4.19. The van der Waals surface area contributed by atoms with Crippen molar-refractivity contribution in [3.05, 3.63) is 0 Å². The molecule has 0 radical (unpaired) electrons. The largest absolute Gasteiger partial charge is 0.337 e. The Hall–Kier alpha value is -0.750. The van der Waals surface area contributed by atoms with Crippen molar-refractivity contribution in [2.24, 2.45) is 0 Å². The van der Waals surface area contributed by atoms with E-state index in [1.807, 2.05) is 7.05 Å². The summed E-state index contributed by atoms with van der Waals surface area (Å²) in [5, 5.41) is 5.36. The van der Waals surface area contributed by atoms with Gasteiger partial charge in [-0.25, -0.2) is 4.79 Å². The van der Waals surface area contributed by atoms with Crippen molar-refractivity contribution >= 4 is 24.9 Å². The zero-order valence-electron chi connectivity index (χ0n) is 12.9. The lowest BCUT2D eigenvalue weighted by Gasteiger charge is -2.21. The van der Waals surface area contributed by atoms with E-state index in [1.54, 1.807) is 13.8 Å². The van der Waals surface area contributed by atoms with Crippen molar-refractivity contribution in [1.82, 2.24) is 15.5 Å². The fraction of sp³-hybridized carbons (Fsp3) is 0.857. The van der Waals surface area contributed by atoms with Crippen LogP contribution in [0.1, 0.15) is 39.5 Å². The molecule has 5 nitrogen and oxygen atoms in total. The highest BCUT2D eigenvalue weighted by atomic mass is 32.1. The van der Waals surface area contributed by atoms with E-state index in [2.05, 4.69) is 28.2 Å². The van der Waals surface area contributed by atoms with E-state index in [4.69, 9.17) is 0 Å². The van der Waals surface area contributed by atoms with Crippen LogP contribution in [-0.2, 0) is 4.79 Å². The number of nitrogens with zero attached hydrogens (tertiary/aromatic N) is 1. The van der Waals surface area contributed by atoms with Crippen molar-refractivity contribution in [3.63, 3.8) is 0 Å². The summed E-state index contributed by atoms with van der Waals surface area (Å²) in [5.41, 5.74) is -0.816. The molecule has 6 heteroatoms. The number of carbonyl (C=O) groups is 2. The average Bonchev–Trinajstić information content (AvgIpc) is 2.38. The summed E-state index contributed by atoms with van der Waals surface area (Å²) < 4.78 is 0. The second-order valence-electron chi connectivity index (χ2n) is 5.66. The molecule has 118 valence electrons. The number of rotatable bonds is 11. The van der Waals surface area contributed by atoms with Crippen LogP contribution >= 0.6 is 12.6 Å². The summed E-state index contributed by atoms with van der Waals surface area (Å²) in [7, 11) is 2.05. The lowest BCUT2D eigenvalue weighted by atomic mass is 10.1. The van der Waals surface area contributed by atoms with Gasteiger partial charge in [-0.2, -0.15) is 12.6 Å². The first-order valence-electron chi connectivity index (χ1n) is 7.23. The first-order valence-corrected chi connectivity index (χ1v) is 7.86. The quantitative estimate of drug-likeness (QED) is 0.309. The number of carbonyl (C=O) groups excluding carboxylic acids is 2. The number of hydrogen-bond acceptors (Lipinski definition) is 4. The Morgan fingerprint density at radius 1 is 1.20 bits per heavy atom. The monoisotopic (exact) mass is 303 g/mol. The number of unbranched alkanes of at least 4 members (excludes halogenated alkanes) is 3. The van der Waals surface area contributed by atoms with Crippen LogP contribution in [0.25, 0.3) is 0 Å². The molecular weight excluding hydrogens is 274 g/mol. The number of thiol groups is 1. The third-order valence-corrected chi connectivity index (χ3v) is 3.27. The molecule has 0 aromatic rings. The number of likely N-dealkylation sites (N-methyl/N-ethyl adjacent to an activating group) is 1. The first-order chi connectivity index (χ1) is 9.41. The summed E-state index contributed by atoms with van der Waals surface area (Å²) in [6, 6.07) is -0.302. The minimum atomic E-state index is -0.816. The highest BCUT2D eigenvalue weighted by molar-refractivity contribution is 7.80. The van der Waals surface area contributed by atoms with Gasteiger partial charge in [0.1, 0.15) is 6.29 Å². The van der Waals surface area contributed by atoms with Gasteiger partial charge in [-0.3, -0.25) is 0 Å². The van der Waals surface area contributed by atoms with Crippen LogP contribution in [0.4, 0.5) is 4.79 Å². The van der Waals surface area contributed by atoms with E-state index < -0.39 is 5.54 Å². The maximum Gasteiger partial charge on any atom is 0.315 e. The van der Waals surface area contributed by atoms with E-state index in [1.165, 1.54) is 25.7 Å². The molecule has 0 unspecified atom stereocenters. The van der Waals surface area contributed by atoms with Gasteiger partial charge in [0.05, 0.1) is 5.54 Å². The number of nitrogens with one attached hydrogen (secondary N) is 2. The van der Waals surface area contributed by atoms with E-state index >= 15 is 0 Å². The zero-order valence-corrected chi connectivity index (χ0v) is 13.8. The molecule has 0 atom stereocenters. The van der Waals surface area contributed by atoms with Gasteiger partial charge in [0, 0.05) is 13.1 Å². The zero-order chi connectivity index (χ0) is 15.4. The van der Waals surface area contributed by atoms with Crippen molar-refractivity contribution in [2.75, 3.05) is 32.4 Å². The van der Waals surface area contributed by atoms with Gasteiger partial charge in [0.2, 0.25) is 0 Å². The SMILES string of the molecule is CN(CCCCCCS)CCNC(=O)NC(C)(C)C=O. The molecule has 0 aliphatic heterocycles. The van der Waals surface area contributed by atoms with E-state index in [-0.39, 0.29) is 6.03 Å². The molecule has 20 heavy (non-hydrogen) atoms. The molecule has 0 aliphatic carbocycles. The van der Waals surface area contributed by atoms with E-state index in [9.17, 15) is 9.59 Å². The van der Waals surface area contributed by atoms with Gasteiger partial charge < -0.3 is 20.3 Å². The predicted molar refractivity (Wildman–Crippen MR) is 86.5 cm³/mol. The average molecular weight is 303 g/mol. The van der Waals surface area contributed by atoms with Crippen LogP contribution < -0.4 is 10.6 Å². The Labute approximate surface area is 128 Å². The molecule has 0 saturated carbocycles. The van der Waals surface area contributed by atoms with Crippen molar-refractivity contribution in [2.45, 2.75) is 45.1 Å². The molecule has 0 bridgehead atoms. The highest BCUT2D eigenvalue weighted by Gasteiger charge is 2.18. The van der Waals surface area contributed by atoms with Gasteiger partial charge in [-0.15, -0.1) is 0 Å². The van der Waals surface area contributed by atoms with Crippen molar-refractivity contribution in [3.8, 4) is 0 Å². The first kappa shape index (κ1) is 19.2.